The number of fused-ring (bicyclic) bond motifs is 1. The van der Waals surface area contributed by atoms with Crippen molar-refractivity contribution in [1.82, 2.24) is 9.55 Å². The standard InChI is InChI=1S/C15H12N2OS.3C6H5.Sn/c1-10-7-8-12-13(9-10)16-15(19)17(14(12)18)11-5-3-2-4-6-11;3*1-2-4-6-5-3-1;/h2-9H,1H3,(H,16,19);3*1-5H;/q;;;;+1/p-1. The second-order valence-electron chi connectivity index (χ2n) is 9.27. The van der Waals surface area contributed by atoms with Gasteiger partial charge in [0.05, 0.1) is 0 Å². The molecule has 38 heavy (non-hydrogen) atoms. The van der Waals surface area contributed by atoms with Gasteiger partial charge in [0.1, 0.15) is 0 Å². The molecule has 0 bridgehead atoms. The van der Waals surface area contributed by atoms with Gasteiger partial charge in [-0.1, -0.05) is 0 Å². The molecule has 5 aromatic carbocycles. The molecule has 0 fully saturated rings. The van der Waals surface area contributed by atoms with Crippen LogP contribution in [-0.2, 0) is 0 Å². The van der Waals surface area contributed by atoms with Crippen molar-refractivity contribution >= 4 is 47.6 Å². The van der Waals surface area contributed by atoms with Crippen LogP contribution < -0.4 is 16.3 Å². The van der Waals surface area contributed by atoms with Crippen LogP contribution in [0.3, 0.4) is 0 Å². The van der Waals surface area contributed by atoms with E-state index in [9.17, 15) is 4.79 Å². The van der Waals surface area contributed by atoms with Crippen molar-refractivity contribution in [2.45, 2.75) is 12.1 Å². The number of aromatic nitrogens is 2. The second kappa shape index (κ2) is 10.6. The van der Waals surface area contributed by atoms with Crippen LogP contribution in [0.1, 0.15) is 5.56 Å². The summed E-state index contributed by atoms with van der Waals surface area (Å²) in [5.41, 5.74) is 2.60. The summed E-state index contributed by atoms with van der Waals surface area (Å²) in [5, 5.41) is 1.36. The number of benzene rings is 5. The average Bonchev–Trinajstić information content (AvgIpc) is 2.97. The maximum atomic E-state index is 14.1. The van der Waals surface area contributed by atoms with Crippen LogP contribution in [0.25, 0.3) is 16.6 Å². The molecule has 0 spiro atoms. The molecule has 0 saturated carbocycles. The van der Waals surface area contributed by atoms with Gasteiger partial charge in [0.15, 0.2) is 0 Å². The van der Waals surface area contributed by atoms with Crippen LogP contribution in [0, 0.1) is 6.92 Å². The van der Waals surface area contributed by atoms with Gasteiger partial charge in [-0.05, 0) is 0 Å². The molecule has 0 unspecified atom stereocenters. The van der Waals surface area contributed by atoms with Crippen molar-refractivity contribution in [3.63, 3.8) is 0 Å². The zero-order valence-corrected chi connectivity index (χ0v) is 24.7. The molecule has 0 saturated heterocycles. The summed E-state index contributed by atoms with van der Waals surface area (Å²) in [6.07, 6.45) is 0. The topological polar surface area (TPSA) is 34.9 Å². The third kappa shape index (κ3) is 4.48. The summed E-state index contributed by atoms with van der Waals surface area (Å²) in [7, 11) is 1.81. The molecule has 184 valence electrons. The fourth-order valence-corrected chi connectivity index (χ4v) is 23.8. The summed E-state index contributed by atoms with van der Waals surface area (Å²) in [5.74, 6) is 0. The molecule has 0 aliphatic carbocycles. The van der Waals surface area contributed by atoms with Crippen LogP contribution >= 0.6 is 8.95 Å². The van der Waals surface area contributed by atoms with Crippen LogP contribution in [0.15, 0.2) is 149 Å². The summed E-state index contributed by atoms with van der Waals surface area (Å²) in [4.78, 5) is 19.3. The van der Waals surface area contributed by atoms with Crippen molar-refractivity contribution in [3.8, 4) is 5.69 Å². The van der Waals surface area contributed by atoms with E-state index in [0.717, 1.165) is 21.9 Å². The molecule has 0 N–H and O–H groups in total. The molecule has 5 heteroatoms. The Morgan fingerprint density at radius 1 is 0.632 bits per heavy atom. The number of hydrogen-bond acceptors (Lipinski definition) is 3. The third-order valence-corrected chi connectivity index (χ3v) is 26.3. The molecule has 0 amide bonds. The minimum atomic E-state index is -3.84. The van der Waals surface area contributed by atoms with Crippen LogP contribution in [-0.4, -0.2) is 26.5 Å². The number of hydrogen-bond donors (Lipinski definition) is 0. The Balaban J connectivity index is 1.71. The van der Waals surface area contributed by atoms with Gasteiger partial charge in [-0.25, -0.2) is 0 Å². The Labute approximate surface area is 229 Å². The van der Waals surface area contributed by atoms with Crippen molar-refractivity contribution in [3.05, 3.63) is 155 Å². The zero-order valence-electron chi connectivity index (χ0n) is 21.0. The van der Waals surface area contributed by atoms with E-state index in [0.29, 0.717) is 5.39 Å². The fraction of sp³-hybridized carbons (Fsp3) is 0.0303. The first-order valence-corrected chi connectivity index (χ1v) is 21.2. The molecule has 0 aliphatic heterocycles. The van der Waals surface area contributed by atoms with E-state index in [2.05, 4.69) is 91.0 Å². The van der Waals surface area contributed by atoms with E-state index in [-0.39, 0.29) is 5.56 Å². The van der Waals surface area contributed by atoms with Crippen LogP contribution in [0.5, 0.6) is 0 Å². The number of aryl methyl sites for hydroxylation is 1. The minimum absolute atomic E-state index is 0.0435. The van der Waals surface area contributed by atoms with Gasteiger partial charge in [-0.2, -0.15) is 0 Å². The molecule has 1 aromatic heterocycles. The van der Waals surface area contributed by atoms with Gasteiger partial charge >= 0.3 is 230 Å². The Hall–Kier alpha value is -3.61. The molecule has 0 atom stereocenters. The van der Waals surface area contributed by atoms with E-state index < -0.39 is 17.0 Å². The van der Waals surface area contributed by atoms with Crippen LogP contribution in [0.2, 0.25) is 0 Å². The quantitative estimate of drug-likeness (QED) is 0.184. The van der Waals surface area contributed by atoms with Crippen molar-refractivity contribution in [1.29, 1.82) is 0 Å². The maximum absolute atomic E-state index is 14.1. The molecular formula is C33H26N2OSSn. The van der Waals surface area contributed by atoms with Gasteiger partial charge in [0.2, 0.25) is 0 Å². The normalized spacial score (nSPS) is 11.5. The number of rotatable bonds is 6. The molecule has 3 nitrogen and oxygen atoms in total. The second-order valence-corrected chi connectivity index (χ2v) is 24.5. The van der Waals surface area contributed by atoms with Gasteiger partial charge < -0.3 is 0 Å². The molecular weight excluding hydrogens is 591 g/mol. The first-order valence-electron chi connectivity index (χ1n) is 12.6. The Morgan fingerprint density at radius 2 is 1.11 bits per heavy atom. The Bertz CT molecular complexity index is 1660. The van der Waals surface area contributed by atoms with Crippen molar-refractivity contribution in [2.24, 2.45) is 0 Å². The van der Waals surface area contributed by atoms with E-state index in [1.807, 2.05) is 69.0 Å². The first-order chi connectivity index (χ1) is 18.7. The monoisotopic (exact) mass is 618 g/mol. The first kappa shape index (κ1) is 24.7. The summed E-state index contributed by atoms with van der Waals surface area (Å²) >= 11 is -3.84. The van der Waals surface area contributed by atoms with E-state index in [4.69, 9.17) is 4.98 Å². The Morgan fingerprint density at radius 3 is 1.61 bits per heavy atom. The zero-order chi connectivity index (χ0) is 26.0. The van der Waals surface area contributed by atoms with Gasteiger partial charge in [0.25, 0.3) is 0 Å². The Kier molecular flexibility index (Phi) is 6.92. The van der Waals surface area contributed by atoms with Crippen LogP contribution in [0.4, 0.5) is 0 Å². The predicted molar refractivity (Wildman–Crippen MR) is 162 cm³/mol. The van der Waals surface area contributed by atoms with Gasteiger partial charge in [-0.15, -0.1) is 0 Å². The molecule has 6 aromatic rings. The summed E-state index contributed by atoms with van der Waals surface area (Å²) in [6.45, 7) is 2.04. The van der Waals surface area contributed by atoms with E-state index in [1.165, 1.54) is 10.7 Å². The van der Waals surface area contributed by atoms with Crippen molar-refractivity contribution < 1.29 is 0 Å². The number of para-hydroxylation sites is 1. The average molecular weight is 617 g/mol. The summed E-state index contributed by atoms with van der Waals surface area (Å²) in [6, 6.07) is 48.2. The van der Waals surface area contributed by atoms with Crippen molar-refractivity contribution in [2.75, 3.05) is 0 Å². The number of nitrogens with zero attached hydrogens (tertiary/aromatic N) is 2. The van der Waals surface area contributed by atoms with Gasteiger partial charge in [-0.3, -0.25) is 0 Å². The summed E-state index contributed by atoms with van der Waals surface area (Å²) < 4.78 is 5.77. The third-order valence-electron chi connectivity index (χ3n) is 6.79. The SMILES string of the molecule is Cc1ccc2c(=O)n(-c3ccccc3)c([S][Sn]([c]3ccccc3)([c]3ccccc3)[c]3ccccc3)nc2c1. The molecule has 0 aliphatic rings. The molecule has 6 rings (SSSR count). The molecule has 0 radical (unpaired) electrons. The fourth-order valence-electron chi connectivity index (χ4n) is 4.98. The predicted octanol–water partition coefficient (Wildman–Crippen LogP) is 5.45. The van der Waals surface area contributed by atoms with E-state index in [1.54, 1.807) is 0 Å². The van der Waals surface area contributed by atoms with Gasteiger partial charge in [0, 0.05) is 0 Å². The molecule has 1 heterocycles. The van der Waals surface area contributed by atoms with E-state index >= 15 is 0 Å².